The fourth-order valence-electron chi connectivity index (χ4n) is 3.07. The molecule has 0 aliphatic rings. The molecule has 0 unspecified atom stereocenters. The standard InChI is InChI=1S/C21H22N6O/c1-15(16-7-6-8-17(13-16)26(2)28-3)24-21-22-12-11-20(25-21)27-14-23-18-9-4-5-10-19(18)27/h4-15H,1-3H3,(H,22,24,25)/t15-/m0/s1. The van der Waals surface area contributed by atoms with Gasteiger partial charge in [0, 0.05) is 13.2 Å². The molecule has 0 aliphatic carbocycles. The fraction of sp³-hybridized carbons (Fsp3) is 0.190. The van der Waals surface area contributed by atoms with Gasteiger partial charge in [-0.05, 0) is 42.8 Å². The number of aromatic nitrogens is 4. The summed E-state index contributed by atoms with van der Waals surface area (Å²) >= 11 is 0. The second-order valence-corrected chi connectivity index (χ2v) is 6.48. The minimum absolute atomic E-state index is 0.0278. The maximum Gasteiger partial charge on any atom is 0.225 e. The molecule has 1 atom stereocenters. The van der Waals surface area contributed by atoms with Crippen LogP contribution < -0.4 is 10.4 Å². The van der Waals surface area contributed by atoms with E-state index in [9.17, 15) is 0 Å². The molecule has 28 heavy (non-hydrogen) atoms. The lowest BCUT2D eigenvalue weighted by atomic mass is 10.1. The number of nitrogens with one attached hydrogen (secondary N) is 1. The van der Waals surface area contributed by atoms with E-state index < -0.39 is 0 Å². The highest BCUT2D eigenvalue weighted by Gasteiger charge is 2.11. The van der Waals surface area contributed by atoms with Crippen LogP contribution in [0.1, 0.15) is 18.5 Å². The molecule has 142 valence electrons. The molecule has 2 heterocycles. The first kappa shape index (κ1) is 17.9. The number of anilines is 2. The summed E-state index contributed by atoms with van der Waals surface area (Å²) in [6.45, 7) is 2.08. The fourth-order valence-corrected chi connectivity index (χ4v) is 3.07. The molecule has 2 aromatic heterocycles. The van der Waals surface area contributed by atoms with Gasteiger partial charge in [-0.15, -0.1) is 0 Å². The number of hydrogen-bond acceptors (Lipinski definition) is 6. The molecule has 7 nitrogen and oxygen atoms in total. The Kier molecular flexibility index (Phi) is 4.90. The van der Waals surface area contributed by atoms with Crippen LogP contribution in [0.25, 0.3) is 16.9 Å². The summed E-state index contributed by atoms with van der Waals surface area (Å²) in [5.41, 5.74) is 4.04. The van der Waals surface area contributed by atoms with Gasteiger partial charge < -0.3 is 5.32 Å². The van der Waals surface area contributed by atoms with Gasteiger partial charge in [0.25, 0.3) is 0 Å². The van der Waals surface area contributed by atoms with Crippen LogP contribution in [0.2, 0.25) is 0 Å². The Morgan fingerprint density at radius 1 is 1.07 bits per heavy atom. The summed E-state index contributed by atoms with van der Waals surface area (Å²) in [4.78, 5) is 18.7. The summed E-state index contributed by atoms with van der Waals surface area (Å²) in [6, 6.07) is 18.0. The lowest BCUT2D eigenvalue weighted by Gasteiger charge is -2.19. The third-order valence-electron chi connectivity index (χ3n) is 4.69. The predicted molar refractivity (Wildman–Crippen MR) is 111 cm³/mol. The van der Waals surface area contributed by atoms with E-state index in [1.54, 1.807) is 24.7 Å². The van der Waals surface area contributed by atoms with Crippen molar-refractivity contribution in [3.63, 3.8) is 0 Å². The van der Waals surface area contributed by atoms with E-state index in [2.05, 4.69) is 39.3 Å². The van der Waals surface area contributed by atoms with E-state index in [0.717, 1.165) is 28.1 Å². The molecule has 0 aliphatic heterocycles. The first-order valence-electron chi connectivity index (χ1n) is 9.05. The molecule has 4 rings (SSSR count). The summed E-state index contributed by atoms with van der Waals surface area (Å²) in [7, 11) is 3.52. The summed E-state index contributed by atoms with van der Waals surface area (Å²) in [5, 5.41) is 5.10. The van der Waals surface area contributed by atoms with Gasteiger partial charge in [0.1, 0.15) is 12.1 Å². The highest BCUT2D eigenvalue weighted by atomic mass is 16.7. The Morgan fingerprint density at radius 2 is 1.93 bits per heavy atom. The van der Waals surface area contributed by atoms with Crippen molar-refractivity contribution in [2.45, 2.75) is 13.0 Å². The average Bonchev–Trinajstić information content (AvgIpc) is 3.17. The van der Waals surface area contributed by atoms with Crippen molar-refractivity contribution in [2.24, 2.45) is 0 Å². The van der Waals surface area contributed by atoms with Crippen molar-refractivity contribution in [1.82, 2.24) is 19.5 Å². The van der Waals surface area contributed by atoms with Crippen LogP contribution in [-0.4, -0.2) is 33.7 Å². The second kappa shape index (κ2) is 7.66. The van der Waals surface area contributed by atoms with Crippen LogP contribution >= 0.6 is 0 Å². The van der Waals surface area contributed by atoms with Crippen molar-refractivity contribution in [2.75, 3.05) is 24.5 Å². The number of fused-ring (bicyclic) bond motifs is 1. The topological polar surface area (TPSA) is 68.1 Å². The van der Waals surface area contributed by atoms with Crippen LogP contribution in [0.3, 0.4) is 0 Å². The van der Waals surface area contributed by atoms with Gasteiger partial charge in [0.05, 0.1) is 29.9 Å². The van der Waals surface area contributed by atoms with E-state index in [1.807, 2.05) is 54.1 Å². The molecule has 0 bridgehead atoms. The highest BCUT2D eigenvalue weighted by molar-refractivity contribution is 5.76. The number of para-hydroxylation sites is 2. The molecule has 2 aromatic carbocycles. The van der Waals surface area contributed by atoms with Crippen LogP contribution in [0.5, 0.6) is 0 Å². The second-order valence-electron chi connectivity index (χ2n) is 6.48. The largest absolute Gasteiger partial charge is 0.348 e. The lowest BCUT2D eigenvalue weighted by Crippen LogP contribution is -2.16. The van der Waals surface area contributed by atoms with Crippen molar-refractivity contribution in [1.29, 1.82) is 0 Å². The number of nitrogens with zero attached hydrogens (tertiary/aromatic N) is 5. The molecule has 1 N–H and O–H groups in total. The first-order chi connectivity index (χ1) is 13.7. The number of benzene rings is 2. The van der Waals surface area contributed by atoms with Crippen molar-refractivity contribution >= 4 is 22.7 Å². The first-order valence-corrected chi connectivity index (χ1v) is 9.05. The molecule has 0 spiro atoms. The molecule has 4 aromatic rings. The maximum absolute atomic E-state index is 5.26. The maximum atomic E-state index is 5.26. The molecule has 0 saturated carbocycles. The molecule has 0 amide bonds. The number of hydrogen-bond donors (Lipinski definition) is 1. The number of hydroxylamine groups is 1. The van der Waals surface area contributed by atoms with Crippen LogP contribution in [0, 0.1) is 0 Å². The third-order valence-corrected chi connectivity index (χ3v) is 4.69. The predicted octanol–water partition coefficient (Wildman–Crippen LogP) is 3.99. The summed E-state index contributed by atoms with van der Waals surface area (Å²) in [5.74, 6) is 1.33. The zero-order chi connectivity index (χ0) is 19.5. The minimum Gasteiger partial charge on any atom is -0.348 e. The zero-order valence-electron chi connectivity index (χ0n) is 16.1. The lowest BCUT2D eigenvalue weighted by molar-refractivity contribution is 0.184. The number of rotatable bonds is 6. The monoisotopic (exact) mass is 374 g/mol. The van der Waals surface area contributed by atoms with E-state index >= 15 is 0 Å². The molecule has 0 radical (unpaired) electrons. The zero-order valence-corrected chi connectivity index (χ0v) is 16.1. The quantitative estimate of drug-likeness (QED) is 0.515. The Labute approximate surface area is 163 Å². The van der Waals surface area contributed by atoms with Gasteiger partial charge in [-0.3, -0.25) is 14.5 Å². The van der Waals surface area contributed by atoms with Gasteiger partial charge in [-0.2, -0.15) is 4.98 Å². The van der Waals surface area contributed by atoms with Crippen LogP contribution in [0.15, 0.2) is 67.1 Å². The van der Waals surface area contributed by atoms with Gasteiger partial charge in [0.15, 0.2) is 0 Å². The third kappa shape index (κ3) is 3.52. The smallest absolute Gasteiger partial charge is 0.225 e. The normalized spacial score (nSPS) is 12.1. The molecule has 0 fully saturated rings. The Hall–Kier alpha value is -3.45. The highest BCUT2D eigenvalue weighted by Crippen LogP contribution is 2.23. The molecule has 7 heteroatoms. The van der Waals surface area contributed by atoms with Crippen LogP contribution in [-0.2, 0) is 4.84 Å². The summed E-state index contributed by atoms with van der Waals surface area (Å²) < 4.78 is 1.96. The minimum atomic E-state index is 0.0278. The Morgan fingerprint density at radius 3 is 2.79 bits per heavy atom. The molecular weight excluding hydrogens is 352 g/mol. The van der Waals surface area contributed by atoms with Gasteiger partial charge in [0.2, 0.25) is 5.95 Å². The van der Waals surface area contributed by atoms with E-state index in [1.165, 1.54) is 0 Å². The van der Waals surface area contributed by atoms with E-state index in [0.29, 0.717) is 5.95 Å². The van der Waals surface area contributed by atoms with Gasteiger partial charge >= 0.3 is 0 Å². The Bertz CT molecular complexity index is 1090. The summed E-state index contributed by atoms with van der Waals surface area (Å²) in [6.07, 6.45) is 3.53. The van der Waals surface area contributed by atoms with Crippen LogP contribution in [0.4, 0.5) is 11.6 Å². The van der Waals surface area contributed by atoms with Crippen molar-refractivity contribution in [3.8, 4) is 5.82 Å². The number of imidazole rings is 1. The molecule has 0 saturated heterocycles. The SMILES string of the molecule is CON(C)c1cccc([C@H](C)Nc2nccc(-n3cnc4ccccc43)n2)c1. The molecular formula is C21H22N6O. The van der Waals surface area contributed by atoms with Crippen molar-refractivity contribution < 1.29 is 4.84 Å². The van der Waals surface area contributed by atoms with Gasteiger partial charge in [-0.25, -0.2) is 9.97 Å². The van der Waals surface area contributed by atoms with Crippen molar-refractivity contribution in [3.05, 3.63) is 72.7 Å². The average molecular weight is 374 g/mol. The van der Waals surface area contributed by atoms with E-state index in [4.69, 9.17) is 4.84 Å². The van der Waals surface area contributed by atoms with Gasteiger partial charge in [-0.1, -0.05) is 24.3 Å². The van der Waals surface area contributed by atoms with E-state index in [-0.39, 0.29) is 6.04 Å². The Balaban J connectivity index is 1.59.